The number of unbranched alkanes of at least 4 members (excludes halogenated alkanes) is 1. The zero-order valence-electron chi connectivity index (χ0n) is 22.3. The maximum Gasteiger partial charge on any atom is 0.303 e. The lowest BCUT2D eigenvalue weighted by Gasteiger charge is -2.38. The van der Waals surface area contributed by atoms with Crippen LogP contribution >= 0.6 is 0 Å². The third-order valence-electron chi connectivity index (χ3n) is 7.51. The van der Waals surface area contributed by atoms with Gasteiger partial charge in [0.2, 0.25) is 0 Å². The fourth-order valence-corrected chi connectivity index (χ4v) is 6.17. The molecule has 0 aromatic carbocycles. The first kappa shape index (κ1) is 30.4. The van der Waals surface area contributed by atoms with Crippen LogP contribution in [-0.4, -0.2) is 65.8 Å². The van der Waals surface area contributed by atoms with E-state index in [9.17, 15) is 13.2 Å². The first-order chi connectivity index (χ1) is 16.2. The van der Waals surface area contributed by atoms with E-state index in [4.69, 9.17) is 23.2 Å². The molecule has 5 atom stereocenters. The topological polar surface area (TPSA) is 108 Å². The van der Waals surface area contributed by atoms with E-state index in [1.807, 2.05) is 12.2 Å². The molecule has 0 aromatic heterocycles. The first-order valence-electron chi connectivity index (χ1n) is 12.9. The zero-order chi connectivity index (χ0) is 26.3. The summed E-state index contributed by atoms with van der Waals surface area (Å²) in [5.41, 5.74) is 0. The van der Waals surface area contributed by atoms with E-state index in [1.165, 1.54) is 0 Å². The summed E-state index contributed by atoms with van der Waals surface area (Å²) in [5.74, 6) is -0.938. The van der Waals surface area contributed by atoms with Gasteiger partial charge >= 0.3 is 5.97 Å². The van der Waals surface area contributed by atoms with Crippen LogP contribution in [0.4, 0.5) is 0 Å². The minimum absolute atomic E-state index is 0.0370. The fraction of sp³-hybridized carbons (Fsp3) is 0.880. The molecule has 35 heavy (non-hydrogen) atoms. The SMILES string of the molecule is CC(C)(C)[Si](C)(C)OC[C@@H]1[C@@H](CC=CCCCC(=O)O)[C@H](OS(C)(=O)=O)C[C@H]1OC1CCCCO1. The van der Waals surface area contributed by atoms with Crippen LogP contribution in [0.3, 0.4) is 0 Å². The number of ether oxygens (including phenoxy) is 2. The molecule has 0 aromatic rings. The van der Waals surface area contributed by atoms with Crippen molar-refractivity contribution in [1.29, 1.82) is 0 Å². The Morgan fingerprint density at radius 1 is 1.14 bits per heavy atom. The predicted octanol–water partition coefficient (Wildman–Crippen LogP) is 5.10. The van der Waals surface area contributed by atoms with E-state index in [-0.39, 0.29) is 35.7 Å². The molecule has 0 spiro atoms. The minimum atomic E-state index is -3.64. The Labute approximate surface area is 213 Å². The number of carboxylic acid groups (broad SMARTS) is 1. The summed E-state index contributed by atoms with van der Waals surface area (Å²) in [6.45, 7) is 12.2. The van der Waals surface area contributed by atoms with Gasteiger partial charge < -0.3 is 19.0 Å². The molecule has 0 bridgehead atoms. The van der Waals surface area contributed by atoms with Gasteiger partial charge in [0, 0.05) is 32.0 Å². The lowest BCUT2D eigenvalue weighted by Crippen LogP contribution is -2.44. The number of hydrogen-bond acceptors (Lipinski definition) is 7. The van der Waals surface area contributed by atoms with Crippen LogP contribution < -0.4 is 0 Å². The Bertz CT molecular complexity index is 799. The van der Waals surface area contributed by atoms with Crippen LogP contribution in [0, 0.1) is 11.8 Å². The molecule has 1 saturated heterocycles. The molecule has 0 amide bonds. The largest absolute Gasteiger partial charge is 0.481 e. The van der Waals surface area contributed by atoms with E-state index in [0.29, 0.717) is 38.9 Å². The average molecular weight is 535 g/mol. The molecular weight excluding hydrogens is 488 g/mol. The number of hydrogen-bond donors (Lipinski definition) is 1. The lowest BCUT2D eigenvalue weighted by molar-refractivity contribution is -0.197. The highest BCUT2D eigenvalue weighted by Crippen LogP contribution is 2.43. The molecule has 1 aliphatic heterocycles. The molecule has 1 heterocycles. The normalized spacial score (nSPS) is 28.6. The molecule has 2 fully saturated rings. The van der Waals surface area contributed by atoms with Crippen LogP contribution in [0.5, 0.6) is 0 Å². The van der Waals surface area contributed by atoms with Crippen LogP contribution in [0.15, 0.2) is 12.2 Å². The minimum Gasteiger partial charge on any atom is -0.481 e. The summed E-state index contributed by atoms with van der Waals surface area (Å²) < 4.78 is 48.6. The average Bonchev–Trinajstić information content (AvgIpc) is 3.02. The van der Waals surface area contributed by atoms with Crippen molar-refractivity contribution in [3.63, 3.8) is 0 Å². The van der Waals surface area contributed by atoms with Gasteiger partial charge in [-0.3, -0.25) is 8.98 Å². The van der Waals surface area contributed by atoms with Crippen molar-refractivity contribution in [3.05, 3.63) is 12.2 Å². The van der Waals surface area contributed by atoms with Gasteiger partial charge in [0.15, 0.2) is 14.6 Å². The third kappa shape index (κ3) is 10.2. The van der Waals surface area contributed by atoms with Crippen LogP contribution in [0.1, 0.15) is 72.1 Å². The first-order valence-corrected chi connectivity index (χ1v) is 17.6. The monoisotopic (exact) mass is 534 g/mol. The number of allylic oxidation sites excluding steroid dienone is 2. The van der Waals surface area contributed by atoms with Gasteiger partial charge in [-0.05, 0) is 62.6 Å². The van der Waals surface area contributed by atoms with E-state index < -0.39 is 30.5 Å². The van der Waals surface area contributed by atoms with Gasteiger partial charge in [-0.2, -0.15) is 8.42 Å². The van der Waals surface area contributed by atoms with Crippen molar-refractivity contribution in [1.82, 2.24) is 0 Å². The predicted molar refractivity (Wildman–Crippen MR) is 138 cm³/mol. The second-order valence-electron chi connectivity index (χ2n) is 11.4. The molecule has 2 aliphatic rings. The molecule has 1 saturated carbocycles. The summed E-state index contributed by atoms with van der Waals surface area (Å²) >= 11 is 0. The summed E-state index contributed by atoms with van der Waals surface area (Å²) in [6.07, 6.45) is 9.43. The highest BCUT2D eigenvalue weighted by molar-refractivity contribution is 7.86. The Balaban J connectivity index is 2.21. The van der Waals surface area contributed by atoms with Crippen molar-refractivity contribution in [3.8, 4) is 0 Å². The summed E-state index contributed by atoms with van der Waals surface area (Å²) in [5, 5.41) is 8.89. The number of aliphatic carboxylic acids is 1. The maximum atomic E-state index is 12.1. The standard InChI is InChI=1S/C25H46O8SSi/c1-25(2,3)35(5,6)31-18-20-19(13-9-7-8-10-14-23(26)27)22(33-34(4,28)29)17-21(20)32-24-15-11-12-16-30-24/h7,9,19-22,24H,8,10-18H2,1-6H3,(H,26,27)/t19-,20-,21-,22-,24?/m1/s1. The number of rotatable bonds is 13. The van der Waals surface area contributed by atoms with Gasteiger partial charge in [0.1, 0.15) is 0 Å². The number of carboxylic acids is 1. The van der Waals surface area contributed by atoms with E-state index in [2.05, 4.69) is 33.9 Å². The zero-order valence-corrected chi connectivity index (χ0v) is 24.1. The molecule has 204 valence electrons. The molecule has 2 rings (SSSR count). The van der Waals surface area contributed by atoms with Crippen molar-refractivity contribution >= 4 is 24.4 Å². The molecule has 10 heteroatoms. The molecule has 0 radical (unpaired) electrons. The Kier molecular flexibility index (Phi) is 11.4. The van der Waals surface area contributed by atoms with Crippen molar-refractivity contribution < 1.29 is 36.4 Å². The quantitative estimate of drug-likeness (QED) is 0.150. The molecule has 1 unspecified atom stereocenters. The van der Waals surface area contributed by atoms with E-state index in [1.54, 1.807) is 0 Å². The van der Waals surface area contributed by atoms with E-state index in [0.717, 1.165) is 25.5 Å². The van der Waals surface area contributed by atoms with Crippen molar-refractivity contribution in [2.45, 2.75) is 109 Å². The van der Waals surface area contributed by atoms with Gasteiger partial charge in [0.05, 0.1) is 18.5 Å². The smallest absolute Gasteiger partial charge is 0.303 e. The Morgan fingerprint density at radius 2 is 1.86 bits per heavy atom. The second kappa shape index (κ2) is 13.1. The van der Waals surface area contributed by atoms with E-state index >= 15 is 0 Å². The van der Waals surface area contributed by atoms with Crippen molar-refractivity contribution in [2.24, 2.45) is 11.8 Å². The highest BCUT2D eigenvalue weighted by Gasteiger charge is 2.48. The van der Waals surface area contributed by atoms with Crippen molar-refractivity contribution in [2.75, 3.05) is 19.5 Å². The van der Waals surface area contributed by atoms with Gasteiger partial charge in [-0.1, -0.05) is 32.9 Å². The molecule has 1 aliphatic carbocycles. The van der Waals surface area contributed by atoms with Crippen LogP contribution in [-0.2, 0) is 33.0 Å². The van der Waals surface area contributed by atoms with Gasteiger partial charge in [-0.25, -0.2) is 0 Å². The van der Waals surface area contributed by atoms with Gasteiger partial charge in [0.25, 0.3) is 10.1 Å². The number of carbonyl (C=O) groups is 1. The van der Waals surface area contributed by atoms with Gasteiger partial charge in [-0.15, -0.1) is 0 Å². The maximum absolute atomic E-state index is 12.1. The summed E-state index contributed by atoms with van der Waals surface area (Å²) in [7, 11) is -5.68. The van der Waals surface area contributed by atoms with Crippen LogP contribution in [0.2, 0.25) is 18.1 Å². The highest BCUT2D eigenvalue weighted by atomic mass is 32.2. The summed E-state index contributed by atoms with van der Waals surface area (Å²) in [4.78, 5) is 10.8. The summed E-state index contributed by atoms with van der Waals surface area (Å²) in [6, 6.07) is 0. The molecular formula is C25H46O8SSi. The fourth-order valence-electron chi connectivity index (χ4n) is 4.46. The Hall–Kier alpha value is -0.783. The molecule has 1 N–H and O–H groups in total. The second-order valence-corrected chi connectivity index (χ2v) is 17.8. The lowest BCUT2D eigenvalue weighted by atomic mass is 9.91. The molecule has 8 nitrogen and oxygen atoms in total. The third-order valence-corrected chi connectivity index (χ3v) is 12.6. The van der Waals surface area contributed by atoms with Crippen LogP contribution in [0.25, 0.3) is 0 Å². The Morgan fingerprint density at radius 3 is 2.43 bits per heavy atom.